The summed E-state index contributed by atoms with van der Waals surface area (Å²) in [4.78, 5) is 13.2. The molecular weight excluding hydrogens is 297 g/mol. The first-order valence-electron chi connectivity index (χ1n) is 7.65. The Hall–Kier alpha value is -0.980. The summed E-state index contributed by atoms with van der Waals surface area (Å²) in [7, 11) is 1.67. The Bertz CT molecular complexity index is 328. The van der Waals surface area contributed by atoms with Crippen LogP contribution in [-0.4, -0.2) is 48.9 Å². The van der Waals surface area contributed by atoms with E-state index in [4.69, 9.17) is 4.74 Å². The second-order valence-corrected chi connectivity index (χ2v) is 6.62. The summed E-state index contributed by atoms with van der Waals surface area (Å²) in [5.74, 6) is 0. The molecule has 0 aliphatic rings. The van der Waals surface area contributed by atoms with E-state index in [1.807, 2.05) is 27.7 Å². The van der Waals surface area contributed by atoms with Crippen molar-refractivity contribution in [3.63, 3.8) is 0 Å². The zero-order chi connectivity index (χ0) is 17.4. The highest BCUT2D eigenvalue weighted by atomic mass is 19.4. The molecule has 0 fully saturated rings. The lowest BCUT2D eigenvalue weighted by molar-refractivity contribution is -0.135. The third-order valence-electron chi connectivity index (χ3n) is 2.97. The predicted octanol–water partition coefficient (Wildman–Crippen LogP) is 3.95. The number of amides is 1. The fourth-order valence-electron chi connectivity index (χ4n) is 1.81. The molecule has 0 aliphatic heterocycles. The van der Waals surface area contributed by atoms with Gasteiger partial charge >= 0.3 is 12.3 Å². The Morgan fingerprint density at radius 2 is 1.82 bits per heavy atom. The number of rotatable bonds is 8. The monoisotopic (exact) mass is 326 g/mol. The van der Waals surface area contributed by atoms with Crippen molar-refractivity contribution in [1.82, 2.24) is 10.2 Å². The number of hydrogen-bond acceptors (Lipinski definition) is 3. The largest absolute Gasteiger partial charge is 0.444 e. The molecule has 1 atom stereocenters. The maximum Gasteiger partial charge on any atom is 0.410 e. The molecule has 0 heterocycles. The van der Waals surface area contributed by atoms with Crippen molar-refractivity contribution in [3.8, 4) is 0 Å². The number of hydrogen-bond donors (Lipinski definition) is 1. The maximum absolute atomic E-state index is 12.0. The Kier molecular flexibility index (Phi) is 8.81. The standard InChI is InChI=1S/C15H29F3N2O2/c1-12(8-6-9-15(16,17)18)19-10-7-11-20(5)13(21)22-14(2,3)4/h12,19H,6-11H2,1-5H3. The van der Waals surface area contributed by atoms with Crippen molar-refractivity contribution in [3.05, 3.63) is 0 Å². The molecule has 0 aromatic heterocycles. The zero-order valence-corrected chi connectivity index (χ0v) is 14.2. The second kappa shape index (κ2) is 9.22. The first-order chi connectivity index (χ1) is 9.91. The van der Waals surface area contributed by atoms with Gasteiger partial charge in [0.05, 0.1) is 0 Å². The van der Waals surface area contributed by atoms with Crippen LogP contribution in [0.4, 0.5) is 18.0 Å². The van der Waals surface area contributed by atoms with Crippen LogP contribution in [-0.2, 0) is 4.74 Å². The van der Waals surface area contributed by atoms with Crippen molar-refractivity contribution < 1.29 is 22.7 Å². The van der Waals surface area contributed by atoms with Gasteiger partial charge in [0.25, 0.3) is 0 Å². The van der Waals surface area contributed by atoms with Crippen LogP contribution in [0.15, 0.2) is 0 Å². The van der Waals surface area contributed by atoms with E-state index in [-0.39, 0.29) is 18.6 Å². The molecule has 0 spiro atoms. The van der Waals surface area contributed by atoms with E-state index < -0.39 is 18.2 Å². The number of ether oxygens (including phenoxy) is 1. The molecule has 132 valence electrons. The topological polar surface area (TPSA) is 41.6 Å². The molecule has 0 saturated heterocycles. The highest BCUT2D eigenvalue weighted by molar-refractivity contribution is 5.67. The van der Waals surface area contributed by atoms with Crippen molar-refractivity contribution in [2.75, 3.05) is 20.1 Å². The highest BCUT2D eigenvalue weighted by Gasteiger charge is 2.26. The SMILES string of the molecule is CC(CCCC(F)(F)F)NCCCN(C)C(=O)OC(C)(C)C. The van der Waals surface area contributed by atoms with Crippen molar-refractivity contribution >= 4 is 6.09 Å². The van der Waals surface area contributed by atoms with E-state index in [2.05, 4.69) is 5.32 Å². The van der Waals surface area contributed by atoms with E-state index in [1.54, 1.807) is 7.05 Å². The van der Waals surface area contributed by atoms with Crippen LogP contribution in [0.5, 0.6) is 0 Å². The lowest BCUT2D eigenvalue weighted by atomic mass is 10.1. The van der Waals surface area contributed by atoms with Gasteiger partial charge < -0.3 is 15.0 Å². The predicted molar refractivity (Wildman–Crippen MR) is 80.9 cm³/mol. The number of carbonyl (C=O) groups is 1. The Morgan fingerprint density at radius 1 is 1.23 bits per heavy atom. The second-order valence-electron chi connectivity index (χ2n) is 6.62. The minimum atomic E-state index is -4.07. The van der Waals surface area contributed by atoms with E-state index in [9.17, 15) is 18.0 Å². The van der Waals surface area contributed by atoms with Crippen molar-refractivity contribution in [2.45, 2.75) is 71.2 Å². The molecule has 0 aromatic carbocycles. The molecule has 0 radical (unpaired) electrons. The average Bonchev–Trinajstić information content (AvgIpc) is 2.30. The Labute approximate surface area is 131 Å². The van der Waals surface area contributed by atoms with Gasteiger partial charge in [-0.1, -0.05) is 0 Å². The third-order valence-corrected chi connectivity index (χ3v) is 2.97. The fraction of sp³-hybridized carbons (Fsp3) is 0.933. The van der Waals surface area contributed by atoms with E-state index >= 15 is 0 Å². The van der Waals surface area contributed by atoms with Crippen LogP contribution in [0.25, 0.3) is 0 Å². The van der Waals surface area contributed by atoms with Gasteiger partial charge in [-0.2, -0.15) is 13.2 Å². The molecule has 7 heteroatoms. The molecule has 1 amide bonds. The Balaban J connectivity index is 3.73. The van der Waals surface area contributed by atoms with Gasteiger partial charge in [0.2, 0.25) is 0 Å². The summed E-state index contributed by atoms with van der Waals surface area (Å²) in [5, 5.41) is 3.17. The van der Waals surface area contributed by atoms with E-state index in [0.717, 1.165) is 6.42 Å². The molecule has 0 aromatic rings. The van der Waals surface area contributed by atoms with Crippen molar-refractivity contribution in [1.29, 1.82) is 0 Å². The average molecular weight is 326 g/mol. The number of carbonyl (C=O) groups excluding carboxylic acids is 1. The first-order valence-corrected chi connectivity index (χ1v) is 7.65. The van der Waals surface area contributed by atoms with Crippen LogP contribution < -0.4 is 5.32 Å². The minimum absolute atomic E-state index is 0.0363. The lowest BCUT2D eigenvalue weighted by Crippen LogP contribution is -2.36. The van der Waals surface area contributed by atoms with Crippen LogP contribution in [0.1, 0.15) is 53.4 Å². The van der Waals surface area contributed by atoms with E-state index in [0.29, 0.717) is 19.5 Å². The summed E-state index contributed by atoms with van der Waals surface area (Å²) in [5.41, 5.74) is -0.517. The zero-order valence-electron chi connectivity index (χ0n) is 14.2. The molecule has 0 rings (SSSR count). The summed E-state index contributed by atoms with van der Waals surface area (Å²) in [6.45, 7) is 8.49. The van der Waals surface area contributed by atoms with Gasteiger partial charge in [0.1, 0.15) is 5.60 Å². The molecular formula is C15H29F3N2O2. The fourth-order valence-corrected chi connectivity index (χ4v) is 1.81. The van der Waals surface area contributed by atoms with Gasteiger partial charge in [0.15, 0.2) is 0 Å². The first kappa shape index (κ1) is 21.0. The highest BCUT2D eigenvalue weighted by Crippen LogP contribution is 2.22. The van der Waals surface area contributed by atoms with Gasteiger partial charge in [-0.15, -0.1) is 0 Å². The van der Waals surface area contributed by atoms with Crippen LogP contribution >= 0.6 is 0 Å². The molecule has 0 bridgehead atoms. The smallest absolute Gasteiger partial charge is 0.410 e. The molecule has 1 unspecified atom stereocenters. The van der Waals surface area contributed by atoms with Crippen LogP contribution in [0.3, 0.4) is 0 Å². The molecule has 4 nitrogen and oxygen atoms in total. The van der Waals surface area contributed by atoms with E-state index in [1.165, 1.54) is 4.90 Å². The Morgan fingerprint density at radius 3 is 2.32 bits per heavy atom. The lowest BCUT2D eigenvalue weighted by Gasteiger charge is -2.24. The summed E-state index contributed by atoms with van der Waals surface area (Å²) in [6, 6.07) is 0.0363. The molecule has 0 saturated carbocycles. The van der Waals surface area contributed by atoms with Gasteiger partial charge in [-0.05, 0) is 53.5 Å². The maximum atomic E-state index is 12.0. The van der Waals surface area contributed by atoms with Crippen LogP contribution in [0.2, 0.25) is 0 Å². The molecule has 0 aliphatic carbocycles. The minimum Gasteiger partial charge on any atom is -0.444 e. The molecule has 1 N–H and O–H groups in total. The summed E-state index contributed by atoms with van der Waals surface area (Å²) < 4.78 is 41.3. The van der Waals surface area contributed by atoms with Gasteiger partial charge in [0, 0.05) is 26.1 Å². The molecule has 22 heavy (non-hydrogen) atoms. The van der Waals surface area contributed by atoms with Gasteiger partial charge in [-0.3, -0.25) is 0 Å². The summed E-state index contributed by atoms with van der Waals surface area (Å²) in [6.07, 6.45) is -3.84. The van der Waals surface area contributed by atoms with Crippen molar-refractivity contribution in [2.24, 2.45) is 0 Å². The normalized spacial score (nSPS) is 13.8. The van der Waals surface area contributed by atoms with Gasteiger partial charge in [-0.25, -0.2) is 4.79 Å². The quantitative estimate of drug-likeness (QED) is 0.687. The van der Waals surface area contributed by atoms with Crippen LogP contribution in [0, 0.1) is 0 Å². The third kappa shape index (κ3) is 12.7. The number of halogens is 3. The number of alkyl halides is 3. The number of nitrogens with zero attached hydrogens (tertiary/aromatic N) is 1. The summed E-state index contributed by atoms with van der Waals surface area (Å²) >= 11 is 0. The number of nitrogens with one attached hydrogen (secondary N) is 1.